The lowest BCUT2D eigenvalue weighted by atomic mass is 10.6. The molecule has 0 spiro atoms. The predicted octanol–water partition coefficient (Wildman–Crippen LogP) is -1.01. The highest BCUT2D eigenvalue weighted by atomic mass is 32.2. The van der Waals surface area contributed by atoms with Gasteiger partial charge >= 0.3 is 11.1 Å². The van der Waals surface area contributed by atoms with E-state index in [-0.39, 0.29) is 0 Å². The summed E-state index contributed by atoms with van der Waals surface area (Å²) in [6.07, 6.45) is 2.89. The topological polar surface area (TPSA) is 120 Å². The number of aryl methyl sites for hydroxylation is 1. The van der Waals surface area contributed by atoms with Gasteiger partial charge in [0.15, 0.2) is 10.3 Å². The molecule has 2 rings (SSSR count). The predicted molar refractivity (Wildman–Crippen MR) is 60.7 cm³/mol. The normalized spacial score (nSPS) is 10.4. The number of nitrogens with two attached hydrogens (primary N) is 1. The quantitative estimate of drug-likeness (QED) is 0.519. The van der Waals surface area contributed by atoms with Gasteiger partial charge in [0.05, 0.1) is 18.1 Å². The highest BCUT2D eigenvalue weighted by molar-refractivity contribution is 7.99. The number of aromatic amines is 1. The summed E-state index contributed by atoms with van der Waals surface area (Å²) in [5.41, 5.74) is 4.27. The molecule has 0 aromatic carbocycles. The second kappa shape index (κ2) is 4.37. The molecule has 2 heterocycles. The van der Waals surface area contributed by atoms with Gasteiger partial charge in [-0.3, -0.25) is 19.4 Å². The minimum Gasteiger partial charge on any atom is -0.396 e. The van der Waals surface area contributed by atoms with Gasteiger partial charge in [-0.25, -0.2) is 9.97 Å². The molecule has 0 aliphatic heterocycles. The highest BCUT2D eigenvalue weighted by Crippen LogP contribution is 2.19. The highest BCUT2D eigenvalue weighted by Gasteiger charge is 2.07. The second-order valence-corrected chi connectivity index (χ2v) is 4.03. The Labute approximate surface area is 98.9 Å². The van der Waals surface area contributed by atoms with Crippen LogP contribution >= 0.6 is 11.8 Å². The van der Waals surface area contributed by atoms with Crippen LogP contribution in [0, 0.1) is 0 Å². The molecule has 0 aliphatic carbocycles. The van der Waals surface area contributed by atoms with Gasteiger partial charge in [-0.05, 0) is 11.8 Å². The number of rotatable bonds is 2. The van der Waals surface area contributed by atoms with Crippen LogP contribution in [0.5, 0.6) is 0 Å². The Balaban J connectivity index is 2.36. The lowest BCUT2D eigenvalue weighted by Crippen LogP contribution is -2.33. The van der Waals surface area contributed by atoms with Crippen molar-refractivity contribution in [3.05, 3.63) is 33.1 Å². The summed E-state index contributed by atoms with van der Waals surface area (Å²) in [6.45, 7) is 0. The SMILES string of the molecule is Cn1[nH]c(=O)c(=O)nc1Sc1ncc(N)cn1. The monoisotopic (exact) mass is 252 g/mol. The van der Waals surface area contributed by atoms with Crippen molar-refractivity contribution in [2.24, 2.45) is 7.05 Å². The van der Waals surface area contributed by atoms with Crippen LogP contribution in [0.25, 0.3) is 0 Å². The molecule has 0 bridgehead atoms. The van der Waals surface area contributed by atoms with Crippen molar-refractivity contribution in [2.45, 2.75) is 10.3 Å². The van der Waals surface area contributed by atoms with Crippen molar-refractivity contribution >= 4 is 17.4 Å². The molecule has 88 valence electrons. The van der Waals surface area contributed by atoms with Crippen molar-refractivity contribution in [3.63, 3.8) is 0 Å². The van der Waals surface area contributed by atoms with E-state index in [1.165, 1.54) is 17.1 Å². The smallest absolute Gasteiger partial charge is 0.339 e. The molecule has 8 nitrogen and oxygen atoms in total. The van der Waals surface area contributed by atoms with Crippen molar-refractivity contribution in [2.75, 3.05) is 5.73 Å². The Bertz CT molecular complexity index is 646. The van der Waals surface area contributed by atoms with Crippen LogP contribution in [0.1, 0.15) is 0 Å². The van der Waals surface area contributed by atoms with Crippen LogP contribution in [0.15, 0.2) is 32.3 Å². The number of hydrogen-bond acceptors (Lipinski definition) is 7. The molecule has 0 amide bonds. The van der Waals surface area contributed by atoms with E-state index in [0.29, 0.717) is 16.0 Å². The van der Waals surface area contributed by atoms with E-state index in [9.17, 15) is 9.59 Å². The minimum atomic E-state index is -0.846. The number of hydrogen-bond donors (Lipinski definition) is 2. The summed E-state index contributed by atoms with van der Waals surface area (Å²) in [5.74, 6) is 0. The summed E-state index contributed by atoms with van der Waals surface area (Å²) < 4.78 is 1.33. The van der Waals surface area contributed by atoms with E-state index in [0.717, 1.165) is 11.8 Å². The standard InChI is InChI=1S/C8H8N6O2S/c1-14-8(12-5(15)6(16)13-14)17-7-10-2-4(9)3-11-7/h2-3H,9H2,1H3,(H,13,16). The van der Waals surface area contributed by atoms with Crippen LogP contribution in [0.3, 0.4) is 0 Å². The van der Waals surface area contributed by atoms with Crippen LogP contribution in [-0.2, 0) is 7.05 Å². The van der Waals surface area contributed by atoms with Crippen LogP contribution < -0.4 is 16.9 Å². The first-order valence-corrected chi connectivity index (χ1v) is 5.30. The molecule has 0 unspecified atom stereocenters. The Hall–Kier alpha value is -2.16. The fraction of sp³-hybridized carbons (Fsp3) is 0.125. The maximum atomic E-state index is 11.1. The third-order valence-corrected chi connectivity index (χ3v) is 2.72. The molecule has 2 aromatic heterocycles. The van der Waals surface area contributed by atoms with Gasteiger partial charge in [0.1, 0.15) is 0 Å². The summed E-state index contributed by atoms with van der Waals surface area (Å²) in [6, 6.07) is 0. The fourth-order valence-electron chi connectivity index (χ4n) is 1.01. The van der Waals surface area contributed by atoms with E-state index >= 15 is 0 Å². The number of anilines is 1. The Kier molecular flexibility index (Phi) is 2.91. The van der Waals surface area contributed by atoms with Gasteiger partial charge < -0.3 is 5.73 Å². The van der Waals surface area contributed by atoms with E-state index in [1.807, 2.05) is 0 Å². The van der Waals surface area contributed by atoms with Crippen molar-refractivity contribution in [1.82, 2.24) is 24.7 Å². The number of nitrogens with one attached hydrogen (secondary N) is 1. The Morgan fingerprint density at radius 1 is 1.35 bits per heavy atom. The molecular weight excluding hydrogens is 244 g/mol. The summed E-state index contributed by atoms with van der Waals surface area (Å²) >= 11 is 1.05. The molecular formula is C8H8N6O2S. The maximum Gasteiger partial charge on any atom is 0.339 e. The van der Waals surface area contributed by atoms with Gasteiger partial charge in [0, 0.05) is 7.05 Å². The van der Waals surface area contributed by atoms with E-state index < -0.39 is 11.1 Å². The maximum absolute atomic E-state index is 11.1. The third kappa shape index (κ3) is 2.50. The summed E-state index contributed by atoms with van der Waals surface area (Å²) in [7, 11) is 1.56. The van der Waals surface area contributed by atoms with E-state index in [1.54, 1.807) is 7.05 Å². The first-order valence-electron chi connectivity index (χ1n) is 4.49. The molecule has 0 aliphatic rings. The van der Waals surface area contributed by atoms with Crippen LogP contribution in [0.2, 0.25) is 0 Å². The first kappa shape index (κ1) is 11.3. The van der Waals surface area contributed by atoms with Crippen molar-refractivity contribution in [3.8, 4) is 0 Å². The van der Waals surface area contributed by atoms with Gasteiger partial charge in [0.25, 0.3) is 0 Å². The zero-order valence-electron chi connectivity index (χ0n) is 8.75. The van der Waals surface area contributed by atoms with E-state index in [4.69, 9.17) is 5.73 Å². The van der Waals surface area contributed by atoms with Crippen molar-refractivity contribution in [1.29, 1.82) is 0 Å². The fourth-order valence-corrected chi connectivity index (χ4v) is 1.70. The molecule has 0 fully saturated rings. The number of nitrogen functional groups attached to an aromatic ring is 1. The zero-order chi connectivity index (χ0) is 12.4. The zero-order valence-corrected chi connectivity index (χ0v) is 9.56. The molecule has 0 atom stereocenters. The molecule has 0 saturated heterocycles. The molecule has 9 heteroatoms. The summed E-state index contributed by atoms with van der Waals surface area (Å²) in [5, 5.41) is 3.00. The molecule has 3 N–H and O–H groups in total. The number of nitrogens with zero attached hydrogens (tertiary/aromatic N) is 4. The lowest BCUT2D eigenvalue weighted by Gasteiger charge is -2.04. The second-order valence-electron chi connectivity index (χ2n) is 3.10. The molecule has 17 heavy (non-hydrogen) atoms. The van der Waals surface area contributed by atoms with Gasteiger partial charge in [0.2, 0.25) is 0 Å². The number of aromatic nitrogens is 5. The molecule has 0 saturated carbocycles. The third-order valence-electron chi connectivity index (χ3n) is 1.78. The van der Waals surface area contributed by atoms with Crippen molar-refractivity contribution < 1.29 is 0 Å². The average Bonchev–Trinajstić information content (AvgIpc) is 2.29. The minimum absolute atomic E-state index is 0.291. The van der Waals surface area contributed by atoms with Gasteiger partial charge in [-0.1, -0.05) is 0 Å². The van der Waals surface area contributed by atoms with Gasteiger partial charge in [-0.15, -0.1) is 0 Å². The largest absolute Gasteiger partial charge is 0.396 e. The van der Waals surface area contributed by atoms with Crippen LogP contribution in [-0.4, -0.2) is 24.7 Å². The Morgan fingerprint density at radius 3 is 2.65 bits per heavy atom. The van der Waals surface area contributed by atoms with Crippen LogP contribution in [0.4, 0.5) is 5.69 Å². The summed E-state index contributed by atoms with van der Waals surface area (Å²) in [4.78, 5) is 33.6. The van der Waals surface area contributed by atoms with E-state index in [2.05, 4.69) is 20.1 Å². The molecule has 0 radical (unpaired) electrons. The molecule has 2 aromatic rings. The average molecular weight is 252 g/mol. The lowest BCUT2D eigenvalue weighted by molar-refractivity contribution is 0.595. The Morgan fingerprint density at radius 2 is 2.00 bits per heavy atom. The van der Waals surface area contributed by atoms with Gasteiger partial charge in [-0.2, -0.15) is 4.98 Å². The first-order chi connectivity index (χ1) is 8.06. The number of H-pyrrole nitrogens is 1.